The molecule has 0 amide bonds. The third-order valence-electron chi connectivity index (χ3n) is 2.94. The van der Waals surface area contributed by atoms with Crippen molar-refractivity contribution < 1.29 is 4.74 Å². The summed E-state index contributed by atoms with van der Waals surface area (Å²) in [7, 11) is 0. The largest absolute Gasteiger partial charge is 0.440 e. The molecule has 0 unspecified atom stereocenters. The molecule has 0 N–H and O–H groups in total. The quantitative estimate of drug-likeness (QED) is 0.658. The lowest BCUT2D eigenvalue weighted by Crippen LogP contribution is -2.00. The Labute approximate surface area is 124 Å². The molecule has 3 rings (SSSR count). The van der Waals surface area contributed by atoms with Crippen LogP contribution in [0.15, 0.2) is 51.5 Å². The van der Waals surface area contributed by atoms with Crippen LogP contribution in [0.4, 0.5) is 0 Å². The molecule has 0 aliphatic carbocycles. The molecule has 0 atom stereocenters. The van der Waals surface area contributed by atoms with Crippen molar-refractivity contribution >= 4 is 40.0 Å². The highest BCUT2D eigenvalue weighted by atomic mass is 79.9. The Balaban J connectivity index is 2.22. The predicted octanol–water partition coefficient (Wildman–Crippen LogP) is 4.17. The zero-order valence-corrected chi connectivity index (χ0v) is 12.7. The second-order valence-electron chi connectivity index (χ2n) is 4.12. The molecule has 0 saturated carbocycles. The van der Waals surface area contributed by atoms with E-state index in [2.05, 4.69) is 46.2 Å². The minimum atomic E-state index is 0.470. The summed E-state index contributed by atoms with van der Waals surface area (Å²) in [6.07, 6.45) is 6.57. The van der Waals surface area contributed by atoms with Crippen LogP contribution < -0.4 is 0 Å². The topological polar surface area (TPSA) is 26.5 Å². The Hall–Kier alpha value is -1.42. The van der Waals surface area contributed by atoms with Crippen molar-refractivity contribution in [1.29, 1.82) is 0 Å². The Morgan fingerprint density at radius 3 is 3.11 bits per heavy atom. The fourth-order valence-electron chi connectivity index (χ4n) is 2.01. The zero-order valence-electron chi connectivity index (χ0n) is 10.2. The molecule has 3 heterocycles. The van der Waals surface area contributed by atoms with Gasteiger partial charge in [-0.2, -0.15) is 0 Å². The second kappa shape index (κ2) is 4.93. The summed E-state index contributed by atoms with van der Waals surface area (Å²) in [5.41, 5.74) is 5.85. The average molecular weight is 335 g/mol. The number of aromatic nitrogens is 2. The number of hydrogen-bond acceptors (Lipinski definition) is 3. The van der Waals surface area contributed by atoms with Crippen molar-refractivity contribution in [3.8, 4) is 0 Å². The maximum absolute atomic E-state index is 5.72. The number of fused-ring (bicyclic) bond motifs is 1. The van der Waals surface area contributed by atoms with Crippen molar-refractivity contribution in [2.45, 2.75) is 13.3 Å². The number of ether oxygens (including phenoxy) is 1. The first-order valence-electron chi connectivity index (χ1n) is 5.88. The lowest BCUT2D eigenvalue weighted by atomic mass is 10.1. The van der Waals surface area contributed by atoms with Crippen molar-refractivity contribution in [2.24, 2.45) is 0 Å². The lowest BCUT2D eigenvalue weighted by Gasteiger charge is -2.14. The summed E-state index contributed by atoms with van der Waals surface area (Å²) in [5, 5.41) is 0.470. The molecule has 1 aliphatic heterocycles. The SMILES string of the molecule is CCC1=C(c2cnc3ccc(Br)cn23)OC(S)=C=C1. The van der Waals surface area contributed by atoms with Crippen LogP contribution in [-0.4, -0.2) is 9.38 Å². The normalized spacial score (nSPS) is 14.8. The number of pyridine rings is 1. The Morgan fingerprint density at radius 1 is 1.47 bits per heavy atom. The van der Waals surface area contributed by atoms with Gasteiger partial charge in [0, 0.05) is 16.2 Å². The Morgan fingerprint density at radius 2 is 2.32 bits per heavy atom. The van der Waals surface area contributed by atoms with Crippen LogP contribution in [0.2, 0.25) is 0 Å². The molecule has 2 aromatic heterocycles. The molecule has 0 radical (unpaired) electrons. The third kappa shape index (κ3) is 2.25. The van der Waals surface area contributed by atoms with E-state index in [1.807, 2.05) is 35.0 Å². The van der Waals surface area contributed by atoms with Crippen LogP contribution >= 0.6 is 28.6 Å². The van der Waals surface area contributed by atoms with E-state index in [9.17, 15) is 0 Å². The average Bonchev–Trinajstić information content (AvgIpc) is 2.81. The van der Waals surface area contributed by atoms with Crippen LogP contribution in [0, 0.1) is 0 Å². The van der Waals surface area contributed by atoms with Gasteiger partial charge in [0.1, 0.15) is 11.3 Å². The van der Waals surface area contributed by atoms with Crippen LogP contribution in [0.3, 0.4) is 0 Å². The van der Waals surface area contributed by atoms with E-state index in [1.165, 1.54) is 0 Å². The minimum absolute atomic E-state index is 0.470. The van der Waals surface area contributed by atoms with Gasteiger partial charge in [-0.15, -0.1) is 0 Å². The van der Waals surface area contributed by atoms with Crippen molar-refractivity contribution in [3.63, 3.8) is 0 Å². The molecule has 5 heteroatoms. The van der Waals surface area contributed by atoms with Gasteiger partial charge in [-0.05, 0) is 40.6 Å². The van der Waals surface area contributed by atoms with Crippen LogP contribution in [0.1, 0.15) is 19.0 Å². The summed E-state index contributed by atoms with van der Waals surface area (Å²) in [6.45, 7) is 2.08. The smallest absolute Gasteiger partial charge is 0.201 e. The standard InChI is InChI=1S/C14H11BrN2OS/c1-2-9-3-6-13(19)18-14(9)11-7-16-12-5-4-10(15)8-17(11)12/h3-5,7-8,19H,2H2,1H3. The third-order valence-corrected chi connectivity index (χ3v) is 3.63. The highest BCUT2D eigenvalue weighted by Crippen LogP contribution is 2.30. The molecule has 3 nitrogen and oxygen atoms in total. The van der Waals surface area contributed by atoms with Gasteiger partial charge in [0.15, 0.2) is 5.76 Å². The van der Waals surface area contributed by atoms with Crippen LogP contribution in [0.5, 0.6) is 0 Å². The van der Waals surface area contributed by atoms with E-state index in [-0.39, 0.29) is 0 Å². The van der Waals surface area contributed by atoms with E-state index in [1.54, 1.807) is 0 Å². The van der Waals surface area contributed by atoms with Crippen molar-refractivity contribution in [1.82, 2.24) is 9.38 Å². The molecule has 1 aliphatic rings. The first-order valence-corrected chi connectivity index (χ1v) is 7.12. The van der Waals surface area contributed by atoms with Gasteiger partial charge in [-0.3, -0.25) is 4.40 Å². The van der Waals surface area contributed by atoms with Crippen molar-refractivity contribution in [2.75, 3.05) is 0 Å². The number of rotatable bonds is 2. The summed E-state index contributed by atoms with van der Waals surface area (Å²) in [5.74, 6) is 0.789. The van der Waals surface area contributed by atoms with Gasteiger partial charge in [0.2, 0.25) is 5.09 Å². The molecular formula is C14H11BrN2OS. The first kappa shape index (κ1) is 12.6. The molecule has 2 aromatic rings. The first-order chi connectivity index (χ1) is 9.19. The Bertz CT molecular complexity index is 754. The van der Waals surface area contributed by atoms with E-state index in [0.717, 1.165) is 33.6 Å². The number of allylic oxidation sites excluding steroid dienone is 2. The number of halogens is 1. The Kier molecular flexibility index (Phi) is 3.27. The van der Waals surface area contributed by atoms with Crippen molar-refractivity contribution in [3.05, 3.63) is 57.2 Å². The lowest BCUT2D eigenvalue weighted by molar-refractivity contribution is 0.414. The molecular weight excluding hydrogens is 324 g/mol. The number of thiol groups is 1. The van der Waals surface area contributed by atoms with E-state index in [4.69, 9.17) is 4.74 Å². The summed E-state index contributed by atoms with van der Waals surface area (Å²) >= 11 is 7.70. The van der Waals surface area contributed by atoms with Crippen LogP contribution in [0.25, 0.3) is 11.4 Å². The molecule has 0 saturated heterocycles. The van der Waals surface area contributed by atoms with E-state index in [0.29, 0.717) is 5.09 Å². The van der Waals surface area contributed by atoms with Gasteiger partial charge in [0.05, 0.1) is 6.20 Å². The molecule has 0 fully saturated rings. The summed E-state index contributed by atoms with van der Waals surface area (Å²) in [4.78, 5) is 4.39. The maximum Gasteiger partial charge on any atom is 0.201 e. The predicted molar refractivity (Wildman–Crippen MR) is 81.8 cm³/mol. The molecule has 96 valence electrons. The summed E-state index contributed by atoms with van der Waals surface area (Å²) in [6, 6.07) is 3.92. The highest BCUT2D eigenvalue weighted by molar-refractivity contribution is 9.10. The number of imidazole rings is 1. The molecule has 19 heavy (non-hydrogen) atoms. The fraction of sp³-hybridized carbons (Fsp3) is 0.143. The van der Waals surface area contributed by atoms with Gasteiger partial charge in [-0.1, -0.05) is 25.3 Å². The molecule has 0 aromatic carbocycles. The van der Waals surface area contributed by atoms with E-state index >= 15 is 0 Å². The van der Waals surface area contributed by atoms with E-state index < -0.39 is 0 Å². The fourth-order valence-corrected chi connectivity index (χ4v) is 2.50. The number of hydrogen-bond donors (Lipinski definition) is 1. The summed E-state index contributed by atoms with van der Waals surface area (Å²) < 4.78 is 8.71. The second-order valence-corrected chi connectivity index (χ2v) is 5.44. The molecule has 0 bridgehead atoms. The van der Waals surface area contributed by atoms with Gasteiger partial charge >= 0.3 is 0 Å². The number of nitrogens with zero attached hydrogens (tertiary/aromatic N) is 2. The maximum atomic E-state index is 5.72. The minimum Gasteiger partial charge on any atom is -0.440 e. The monoisotopic (exact) mass is 334 g/mol. The van der Waals surface area contributed by atoms with Crippen LogP contribution in [-0.2, 0) is 4.74 Å². The molecule has 0 spiro atoms. The van der Waals surface area contributed by atoms with Gasteiger partial charge in [-0.25, -0.2) is 4.98 Å². The zero-order chi connectivity index (χ0) is 13.4. The van der Waals surface area contributed by atoms with Gasteiger partial charge in [0.25, 0.3) is 0 Å². The van der Waals surface area contributed by atoms with Gasteiger partial charge < -0.3 is 4.74 Å². The highest BCUT2D eigenvalue weighted by Gasteiger charge is 2.17.